The van der Waals surface area contributed by atoms with E-state index < -0.39 is 5.54 Å². The average Bonchev–Trinajstić information content (AvgIpc) is 3.02. The predicted molar refractivity (Wildman–Crippen MR) is 121 cm³/mol. The van der Waals surface area contributed by atoms with Gasteiger partial charge in [-0.1, -0.05) is 56.4 Å². The maximum absolute atomic E-state index is 13.0. The van der Waals surface area contributed by atoms with Gasteiger partial charge in [-0.15, -0.1) is 0 Å². The van der Waals surface area contributed by atoms with Crippen LogP contribution in [0.5, 0.6) is 11.5 Å². The number of likely N-dealkylation sites (N-methyl/N-ethyl adjacent to an activating group) is 1. The van der Waals surface area contributed by atoms with Gasteiger partial charge in [-0.25, -0.2) is 0 Å². The van der Waals surface area contributed by atoms with E-state index in [-0.39, 0.29) is 18.5 Å². The number of nitrogens with one attached hydrogen (secondary N) is 2. The van der Waals surface area contributed by atoms with E-state index >= 15 is 0 Å². The molecule has 2 atom stereocenters. The van der Waals surface area contributed by atoms with E-state index in [4.69, 9.17) is 14.9 Å². The quantitative estimate of drug-likeness (QED) is 0.654. The van der Waals surface area contributed by atoms with Gasteiger partial charge in [0.05, 0.1) is 6.61 Å². The minimum atomic E-state index is -0.857. The Morgan fingerprint density at radius 1 is 1.10 bits per heavy atom. The molecular weight excluding hydrogens is 390 g/mol. The van der Waals surface area contributed by atoms with Crippen LogP contribution < -0.4 is 14.8 Å². The number of guanidine groups is 1. The largest absolute Gasteiger partial charge is 0.493 e. The van der Waals surface area contributed by atoms with Crippen molar-refractivity contribution in [3.8, 4) is 11.5 Å². The molecule has 0 bridgehead atoms. The monoisotopic (exact) mass is 423 g/mol. The molecule has 1 heterocycles. The van der Waals surface area contributed by atoms with E-state index in [1.807, 2.05) is 24.3 Å². The van der Waals surface area contributed by atoms with Crippen LogP contribution in [0.2, 0.25) is 0 Å². The van der Waals surface area contributed by atoms with Crippen molar-refractivity contribution < 1.29 is 14.3 Å². The van der Waals surface area contributed by atoms with Gasteiger partial charge in [0, 0.05) is 13.0 Å². The van der Waals surface area contributed by atoms with E-state index in [2.05, 4.69) is 29.6 Å². The highest BCUT2D eigenvalue weighted by Gasteiger charge is 2.50. The number of carbonyl (C=O) groups is 1. The third-order valence-corrected chi connectivity index (χ3v) is 6.61. The van der Waals surface area contributed by atoms with Crippen molar-refractivity contribution >= 4 is 11.9 Å². The molecule has 31 heavy (non-hydrogen) atoms. The van der Waals surface area contributed by atoms with E-state index in [1.54, 1.807) is 7.05 Å². The van der Waals surface area contributed by atoms with Crippen LogP contribution in [0.4, 0.5) is 0 Å². The minimum Gasteiger partial charge on any atom is -0.493 e. The van der Waals surface area contributed by atoms with Crippen molar-refractivity contribution in [2.45, 2.75) is 50.5 Å². The minimum absolute atomic E-state index is 0.0717. The lowest BCUT2D eigenvalue weighted by atomic mass is 9.79. The van der Waals surface area contributed by atoms with Crippen LogP contribution in [0.3, 0.4) is 0 Å². The SMILES string of the molecule is CN1C(=N)NC(COc2ccc(OCC3C=CC=CC3)cc2)(CC2CCCCC2)C1=O. The van der Waals surface area contributed by atoms with E-state index in [9.17, 15) is 4.79 Å². The van der Waals surface area contributed by atoms with Crippen molar-refractivity contribution in [2.75, 3.05) is 20.3 Å². The Balaban J connectivity index is 1.36. The number of amides is 1. The second-order valence-corrected chi connectivity index (χ2v) is 9.01. The molecule has 1 amide bonds. The zero-order valence-corrected chi connectivity index (χ0v) is 18.3. The number of ether oxygens (including phenoxy) is 2. The molecule has 2 unspecified atom stereocenters. The van der Waals surface area contributed by atoms with Crippen LogP contribution in [0, 0.1) is 17.2 Å². The smallest absolute Gasteiger partial charge is 0.258 e. The molecule has 2 aliphatic carbocycles. The highest BCUT2D eigenvalue weighted by atomic mass is 16.5. The summed E-state index contributed by atoms with van der Waals surface area (Å²) < 4.78 is 12.0. The first-order valence-corrected chi connectivity index (χ1v) is 11.4. The molecule has 2 fully saturated rings. The van der Waals surface area contributed by atoms with Gasteiger partial charge >= 0.3 is 0 Å². The van der Waals surface area contributed by atoms with Gasteiger partial charge in [0.25, 0.3) is 5.91 Å². The summed E-state index contributed by atoms with van der Waals surface area (Å²) >= 11 is 0. The third kappa shape index (κ3) is 5.12. The number of nitrogens with zero attached hydrogens (tertiary/aromatic N) is 1. The van der Waals surface area contributed by atoms with Gasteiger partial charge in [0.2, 0.25) is 0 Å². The lowest BCUT2D eigenvalue weighted by Gasteiger charge is -2.32. The number of hydrogen-bond donors (Lipinski definition) is 2. The Kier molecular flexibility index (Phi) is 6.64. The topological polar surface area (TPSA) is 74.7 Å². The van der Waals surface area contributed by atoms with Gasteiger partial charge in [-0.3, -0.25) is 15.1 Å². The zero-order chi connectivity index (χ0) is 21.7. The number of benzene rings is 1. The Morgan fingerprint density at radius 2 is 1.81 bits per heavy atom. The fourth-order valence-corrected chi connectivity index (χ4v) is 4.76. The second kappa shape index (κ2) is 9.58. The summed E-state index contributed by atoms with van der Waals surface area (Å²) in [5, 5.41) is 11.3. The second-order valence-electron chi connectivity index (χ2n) is 9.01. The highest BCUT2D eigenvalue weighted by molar-refractivity contribution is 6.07. The fraction of sp³-hybridized carbons (Fsp3) is 0.520. The lowest BCUT2D eigenvalue weighted by Crippen LogP contribution is -2.53. The molecule has 4 rings (SSSR count). The maximum Gasteiger partial charge on any atom is 0.258 e. The first-order valence-electron chi connectivity index (χ1n) is 11.4. The molecule has 1 saturated heterocycles. The average molecular weight is 424 g/mol. The molecule has 2 N–H and O–H groups in total. The van der Waals surface area contributed by atoms with Gasteiger partial charge in [0.15, 0.2) is 11.5 Å². The van der Waals surface area contributed by atoms with Crippen molar-refractivity contribution in [2.24, 2.45) is 11.8 Å². The van der Waals surface area contributed by atoms with E-state index in [1.165, 1.54) is 24.2 Å². The summed E-state index contributed by atoms with van der Waals surface area (Å²) in [5.41, 5.74) is -0.857. The first kappa shape index (κ1) is 21.5. The van der Waals surface area contributed by atoms with Gasteiger partial charge < -0.3 is 14.8 Å². The zero-order valence-electron chi connectivity index (χ0n) is 18.3. The Labute approximate surface area is 184 Å². The maximum atomic E-state index is 13.0. The molecule has 6 heteroatoms. The summed E-state index contributed by atoms with van der Waals surface area (Å²) in [6.07, 6.45) is 16.2. The van der Waals surface area contributed by atoms with Crippen LogP contribution >= 0.6 is 0 Å². The fourth-order valence-electron chi connectivity index (χ4n) is 4.76. The van der Waals surface area contributed by atoms with E-state index in [0.717, 1.165) is 25.0 Å². The Morgan fingerprint density at radius 3 is 2.42 bits per heavy atom. The van der Waals surface area contributed by atoms with Crippen molar-refractivity contribution in [1.29, 1.82) is 5.41 Å². The lowest BCUT2D eigenvalue weighted by molar-refractivity contribution is -0.132. The van der Waals surface area contributed by atoms with Crippen LogP contribution in [0.1, 0.15) is 44.9 Å². The molecule has 1 aromatic rings. The standard InChI is InChI=1S/C25H33N3O3/c1-28-23(29)25(27-24(28)26,16-19-8-4-2-5-9-19)18-31-22-14-12-21(13-15-22)30-17-20-10-6-3-7-11-20/h3,6-7,10,12-15,19-20H,2,4-5,8-9,11,16-18H2,1H3,(H2,26,27). The molecule has 0 aromatic heterocycles. The molecule has 3 aliphatic rings. The molecule has 0 spiro atoms. The molecular formula is C25H33N3O3. The summed E-state index contributed by atoms with van der Waals surface area (Å²) in [6.45, 7) is 0.868. The van der Waals surface area contributed by atoms with Crippen LogP contribution in [-0.4, -0.2) is 42.6 Å². The van der Waals surface area contributed by atoms with Crippen molar-refractivity contribution in [1.82, 2.24) is 10.2 Å². The molecule has 166 valence electrons. The Bertz CT molecular complexity index is 842. The van der Waals surface area contributed by atoms with Crippen LogP contribution in [0.15, 0.2) is 48.6 Å². The summed E-state index contributed by atoms with van der Waals surface area (Å²) in [6, 6.07) is 7.58. The summed E-state index contributed by atoms with van der Waals surface area (Å²) in [5.74, 6) is 2.49. The number of carbonyl (C=O) groups excluding carboxylic acids is 1. The normalized spacial score (nSPS) is 26.2. The van der Waals surface area contributed by atoms with Crippen molar-refractivity contribution in [3.05, 3.63) is 48.6 Å². The van der Waals surface area contributed by atoms with Gasteiger partial charge in [0.1, 0.15) is 18.1 Å². The molecule has 1 aromatic carbocycles. The van der Waals surface area contributed by atoms with Crippen molar-refractivity contribution in [3.63, 3.8) is 0 Å². The summed E-state index contributed by atoms with van der Waals surface area (Å²) in [7, 11) is 1.66. The highest BCUT2D eigenvalue weighted by Crippen LogP contribution is 2.34. The number of hydrogen-bond acceptors (Lipinski definition) is 4. The molecule has 1 aliphatic heterocycles. The predicted octanol–water partition coefficient (Wildman–Crippen LogP) is 4.28. The summed E-state index contributed by atoms with van der Waals surface area (Å²) in [4.78, 5) is 14.4. The molecule has 1 saturated carbocycles. The van der Waals surface area contributed by atoms with Crippen LogP contribution in [0.25, 0.3) is 0 Å². The number of allylic oxidation sites excluding steroid dienone is 3. The van der Waals surface area contributed by atoms with Gasteiger partial charge in [-0.2, -0.15) is 0 Å². The first-order chi connectivity index (χ1) is 15.1. The number of rotatable bonds is 8. The van der Waals surface area contributed by atoms with E-state index in [0.29, 0.717) is 30.6 Å². The molecule has 0 radical (unpaired) electrons. The Hall–Kier alpha value is -2.76. The van der Waals surface area contributed by atoms with Crippen LogP contribution in [-0.2, 0) is 4.79 Å². The molecule has 6 nitrogen and oxygen atoms in total. The van der Waals surface area contributed by atoms with Gasteiger partial charge in [-0.05, 0) is 43.0 Å². The third-order valence-electron chi connectivity index (χ3n) is 6.61.